The van der Waals surface area contributed by atoms with Crippen LogP contribution in [0, 0.1) is 0 Å². The van der Waals surface area contributed by atoms with Crippen molar-refractivity contribution in [1.82, 2.24) is 10.4 Å². The van der Waals surface area contributed by atoms with Crippen LogP contribution in [0.15, 0.2) is 45.8 Å². The number of amides is 1. The van der Waals surface area contributed by atoms with Crippen LogP contribution in [0.4, 0.5) is 0 Å². The predicted octanol–water partition coefficient (Wildman–Crippen LogP) is 4.25. The summed E-state index contributed by atoms with van der Waals surface area (Å²) in [6, 6.07) is 11.6. The van der Waals surface area contributed by atoms with Crippen LogP contribution >= 0.6 is 46.0 Å². The highest BCUT2D eigenvalue weighted by Gasteiger charge is 2.06. The van der Waals surface area contributed by atoms with E-state index in [0.717, 1.165) is 19.4 Å². The number of fused-ring (bicyclic) bond motifs is 1. The van der Waals surface area contributed by atoms with Gasteiger partial charge in [0.05, 0.1) is 26.5 Å². The van der Waals surface area contributed by atoms with Crippen LogP contribution in [0.25, 0.3) is 10.2 Å². The molecule has 0 unspecified atom stereocenters. The standard InChI is InChI=1S/C14H10ClN3OS3/c15-12-6-5-9(21-12)7-16-18-13(19)8-20-14-17-10-3-1-2-4-11(10)22-14/h1-7H,8H2,(H,18,19). The molecular formula is C14H10ClN3OS3. The van der Waals surface area contributed by atoms with E-state index in [1.807, 2.05) is 30.3 Å². The zero-order valence-electron chi connectivity index (χ0n) is 11.2. The molecule has 8 heteroatoms. The number of hydrazone groups is 1. The molecule has 0 atom stereocenters. The first-order valence-electron chi connectivity index (χ1n) is 6.26. The second-order valence-corrected chi connectivity index (χ2v) is 8.17. The van der Waals surface area contributed by atoms with Gasteiger partial charge in [0, 0.05) is 4.88 Å². The van der Waals surface area contributed by atoms with Crippen molar-refractivity contribution in [1.29, 1.82) is 0 Å². The minimum absolute atomic E-state index is 0.164. The summed E-state index contributed by atoms with van der Waals surface area (Å²) in [4.78, 5) is 17.1. The monoisotopic (exact) mass is 367 g/mol. The number of benzene rings is 1. The van der Waals surface area contributed by atoms with Gasteiger partial charge in [0.15, 0.2) is 4.34 Å². The quantitative estimate of drug-likeness (QED) is 0.416. The maximum Gasteiger partial charge on any atom is 0.250 e. The number of hydrogen-bond acceptors (Lipinski definition) is 6. The number of thiazole rings is 1. The Morgan fingerprint density at radius 2 is 2.18 bits per heavy atom. The van der Waals surface area contributed by atoms with Gasteiger partial charge in [-0.2, -0.15) is 5.10 Å². The number of carbonyl (C=O) groups is 1. The Balaban J connectivity index is 1.50. The van der Waals surface area contributed by atoms with Crippen LogP contribution in [-0.2, 0) is 4.79 Å². The molecule has 3 aromatic rings. The SMILES string of the molecule is O=C(CSc1nc2ccccc2s1)NN=Cc1ccc(Cl)s1. The van der Waals surface area contributed by atoms with E-state index < -0.39 is 0 Å². The number of hydrogen-bond donors (Lipinski definition) is 1. The number of nitrogens with zero attached hydrogens (tertiary/aromatic N) is 2. The van der Waals surface area contributed by atoms with Gasteiger partial charge >= 0.3 is 0 Å². The summed E-state index contributed by atoms with van der Waals surface area (Å²) in [5, 5.41) is 3.91. The second kappa shape index (κ2) is 7.23. The van der Waals surface area contributed by atoms with Crippen LogP contribution in [0.5, 0.6) is 0 Å². The summed E-state index contributed by atoms with van der Waals surface area (Å²) in [7, 11) is 0. The maximum atomic E-state index is 11.7. The van der Waals surface area contributed by atoms with Crippen LogP contribution < -0.4 is 5.43 Å². The van der Waals surface area contributed by atoms with E-state index in [0.29, 0.717) is 4.34 Å². The first kappa shape index (κ1) is 15.5. The van der Waals surface area contributed by atoms with Crippen molar-refractivity contribution < 1.29 is 4.79 Å². The fourth-order valence-corrected chi connectivity index (χ4v) is 4.43. The van der Waals surface area contributed by atoms with Crippen molar-refractivity contribution in [2.75, 3.05) is 5.75 Å². The molecule has 0 aliphatic carbocycles. The van der Waals surface area contributed by atoms with Gasteiger partial charge in [-0.05, 0) is 24.3 Å². The minimum atomic E-state index is -0.164. The first-order valence-corrected chi connectivity index (χ1v) is 9.26. The molecule has 1 aromatic carbocycles. The summed E-state index contributed by atoms with van der Waals surface area (Å²) in [6.45, 7) is 0. The Bertz CT molecular complexity index is 794. The third kappa shape index (κ3) is 4.07. The Morgan fingerprint density at radius 3 is 2.95 bits per heavy atom. The number of para-hydroxylation sites is 1. The third-order valence-corrected chi connectivity index (χ3v) is 5.92. The van der Waals surface area contributed by atoms with E-state index in [1.54, 1.807) is 23.6 Å². The molecule has 0 saturated carbocycles. The molecule has 2 aromatic heterocycles. The number of thioether (sulfide) groups is 1. The van der Waals surface area contributed by atoms with Gasteiger partial charge in [-0.1, -0.05) is 35.5 Å². The summed E-state index contributed by atoms with van der Waals surface area (Å²) >= 11 is 10.2. The molecule has 1 amide bonds. The van der Waals surface area contributed by atoms with Crippen molar-refractivity contribution in [3.63, 3.8) is 0 Å². The fraction of sp³-hybridized carbons (Fsp3) is 0.0714. The van der Waals surface area contributed by atoms with Gasteiger partial charge in [0.1, 0.15) is 0 Å². The number of nitrogens with one attached hydrogen (secondary N) is 1. The minimum Gasteiger partial charge on any atom is -0.272 e. The molecule has 4 nitrogen and oxygen atoms in total. The lowest BCUT2D eigenvalue weighted by molar-refractivity contribution is -0.118. The average Bonchev–Trinajstić information content (AvgIpc) is 3.11. The van der Waals surface area contributed by atoms with Gasteiger partial charge in [-0.25, -0.2) is 10.4 Å². The van der Waals surface area contributed by atoms with Gasteiger partial charge < -0.3 is 0 Å². The second-order valence-electron chi connectivity index (χ2n) is 4.17. The first-order chi connectivity index (χ1) is 10.7. The highest BCUT2D eigenvalue weighted by Crippen LogP contribution is 2.29. The van der Waals surface area contributed by atoms with Crippen molar-refractivity contribution in [3.8, 4) is 0 Å². The lowest BCUT2D eigenvalue weighted by atomic mass is 10.3. The largest absolute Gasteiger partial charge is 0.272 e. The average molecular weight is 368 g/mol. The van der Waals surface area contributed by atoms with E-state index in [1.165, 1.54) is 23.1 Å². The molecule has 0 aliphatic rings. The highest BCUT2D eigenvalue weighted by molar-refractivity contribution is 8.01. The Labute approximate surface area is 144 Å². The lowest BCUT2D eigenvalue weighted by Crippen LogP contribution is -2.19. The van der Waals surface area contributed by atoms with Crippen LogP contribution in [-0.4, -0.2) is 22.9 Å². The lowest BCUT2D eigenvalue weighted by Gasteiger charge is -1.96. The smallest absolute Gasteiger partial charge is 0.250 e. The van der Waals surface area contributed by atoms with Crippen molar-refractivity contribution in [3.05, 3.63) is 45.6 Å². The molecule has 0 fully saturated rings. The molecule has 0 radical (unpaired) electrons. The number of aromatic nitrogens is 1. The fourth-order valence-electron chi connectivity index (χ4n) is 1.64. The zero-order chi connectivity index (χ0) is 15.4. The van der Waals surface area contributed by atoms with E-state index >= 15 is 0 Å². The highest BCUT2D eigenvalue weighted by atomic mass is 35.5. The Hall–Kier alpha value is -1.41. The van der Waals surface area contributed by atoms with E-state index in [9.17, 15) is 4.79 Å². The Morgan fingerprint density at radius 1 is 1.32 bits per heavy atom. The normalized spacial score (nSPS) is 11.3. The van der Waals surface area contributed by atoms with Crippen LogP contribution in [0.1, 0.15) is 4.88 Å². The predicted molar refractivity (Wildman–Crippen MR) is 95.4 cm³/mol. The van der Waals surface area contributed by atoms with Crippen molar-refractivity contribution >= 4 is 68.4 Å². The molecule has 0 spiro atoms. The van der Waals surface area contributed by atoms with Gasteiger partial charge in [0.2, 0.25) is 0 Å². The number of rotatable bonds is 5. The molecule has 22 heavy (non-hydrogen) atoms. The molecule has 112 valence electrons. The van der Waals surface area contributed by atoms with Gasteiger partial charge in [-0.3, -0.25) is 4.79 Å². The topological polar surface area (TPSA) is 54.4 Å². The van der Waals surface area contributed by atoms with Crippen LogP contribution in [0.2, 0.25) is 4.34 Å². The van der Waals surface area contributed by atoms with E-state index in [-0.39, 0.29) is 11.7 Å². The summed E-state index contributed by atoms with van der Waals surface area (Å²) < 4.78 is 2.70. The summed E-state index contributed by atoms with van der Waals surface area (Å²) in [5.41, 5.74) is 3.46. The molecule has 0 bridgehead atoms. The number of halogens is 1. The van der Waals surface area contributed by atoms with E-state index in [2.05, 4.69) is 15.5 Å². The molecule has 1 N–H and O–H groups in total. The number of carbonyl (C=O) groups excluding carboxylic acids is 1. The molecular weight excluding hydrogens is 358 g/mol. The third-order valence-electron chi connectivity index (χ3n) is 2.58. The zero-order valence-corrected chi connectivity index (χ0v) is 14.4. The van der Waals surface area contributed by atoms with Gasteiger partial charge in [-0.15, -0.1) is 22.7 Å². The molecule has 0 saturated heterocycles. The molecule has 0 aliphatic heterocycles. The molecule has 3 rings (SSSR count). The Kier molecular flexibility index (Phi) is 5.09. The van der Waals surface area contributed by atoms with Crippen molar-refractivity contribution in [2.24, 2.45) is 5.10 Å². The van der Waals surface area contributed by atoms with Crippen molar-refractivity contribution in [2.45, 2.75) is 4.34 Å². The van der Waals surface area contributed by atoms with Gasteiger partial charge in [0.25, 0.3) is 5.91 Å². The maximum absolute atomic E-state index is 11.7. The van der Waals surface area contributed by atoms with Crippen LogP contribution in [0.3, 0.4) is 0 Å². The molecule has 2 heterocycles. The summed E-state index contributed by atoms with van der Waals surface area (Å²) in [5.74, 6) is 0.116. The number of thiophene rings is 1. The van der Waals surface area contributed by atoms with E-state index in [4.69, 9.17) is 11.6 Å². The summed E-state index contributed by atoms with van der Waals surface area (Å²) in [6.07, 6.45) is 1.58.